The Bertz CT molecular complexity index is 1120. The number of carbonyl (C=O) groups excluding carboxylic acids is 4. The zero-order valence-corrected chi connectivity index (χ0v) is 23.3. The Hall–Kier alpha value is -2.80. The third-order valence-corrected chi connectivity index (χ3v) is 6.50. The quantitative estimate of drug-likeness (QED) is 0.0790. The summed E-state index contributed by atoms with van der Waals surface area (Å²) in [5.41, 5.74) is 5.27. The van der Waals surface area contributed by atoms with Gasteiger partial charge in [-0.25, -0.2) is 23.2 Å². The van der Waals surface area contributed by atoms with E-state index in [-0.39, 0.29) is 39.3 Å². The number of hydrogen-bond acceptors (Lipinski definition) is 8. The number of aromatic nitrogens is 2. The van der Waals surface area contributed by atoms with Crippen LogP contribution in [-0.4, -0.2) is 64.9 Å². The molecule has 1 aromatic heterocycles. The minimum absolute atomic E-state index is 0.118. The summed E-state index contributed by atoms with van der Waals surface area (Å²) in [5.74, 6) is 4.55. The second-order valence-electron chi connectivity index (χ2n) is 8.26. The standard InChI is InChI=1S/C22H31IN6O6S/c1-14(2)19(21(32)28-16(20(23)31)9-7-11-25-22(24)33)29-17(30)10-6-4-5-8-15-12-18(27-13-26-15)36(3,34)35/h12-14,16,19H,4,6-7,9-11H2,1-3H3,(H,28,32)(H,29,30)(H3,24,25,33)/t16-,19-/m0/s1. The highest BCUT2D eigenvalue weighted by Crippen LogP contribution is 2.09. The van der Waals surface area contributed by atoms with Gasteiger partial charge in [0.2, 0.25) is 15.6 Å². The van der Waals surface area contributed by atoms with Gasteiger partial charge in [0, 0.05) is 54.3 Å². The van der Waals surface area contributed by atoms with E-state index < -0.39 is 33.9 Å². The van der Waals surface area contributed by atoms with E-state index in [0.717, 1.165) is 12.6 Å². The molecule has 0 aromatic carbocycles. The Labute approximate surface area is 224 Å². The average molecular weight is 634 g/mol. The summed E-state index contributed by atoms with van der Waals surface area (Å²) in [5, 5.41) is 7.67. The maximum atomic E-state index is 12.8. The second-order valence-corrected chi connectivity index (χ2v) is 11.3. The number of hydrogen-bond donors (Lipinski definition) is 4. The van der Waals surface area contributed by atoms with Crippen LogP contribution in [0.4, 0.5) is 4.79 Å². The van der Waals surface area contributed by atoms with Crippen molar-refractivity contribution in [2.75, 3.05) is 12.8 Å². The lowest BCUT2D eigenvalue weighted by Gasteiger charge is -2.24. The summed E-state index contributed by atoms with van der Waals surface area (Å²) >= 11 is 1.60. The number of amides is 4. The molecule has 1 heterocycles. The van der Waals surface area contributed by atoms with Crippen LogP contribution in [0.25, 0.3) is 0 Å². The van der Waals surface area contributed by atoms with E-state index in [0.29, 0.717) is 25.7 Å². The van der Waals surface area contributed by atoms with E-state index in [4.69, 9.17) is 5.73 Å². The van der Waals surface area contributed by atoms with Crippen LogP contribution < -0.4 is 21.7 Å². The van der Waals surface area contributed by atoms with Gasteiger partial charge in [0.05, 0.1) is 6.04 Å². The Morgan fingerprint density at radius 2 is 1.83 bits per heavy atom. The number of nitrogens with one attached hydrogen (secondary N) is 3. The van der Waals surface area contributed by atoms with Gasteiger partial charge in [0.1, 0.15) is 18.1 Å². The fraction of sp³-hybridized carbons (Fsp3) is 0.545. The highest BCUT2D eigenvalue weighted by molar-refractivity contribution is 14.1. The van der Waals surface area contributed by atoms with Gasteiger partial charge in [-0.05, 0) is 31.1 Å². The lowest BCUT2D eigenvalue weighted by molar-refractivity contribution is -0.131. The van der Waals surface area contributed by atoms with Crippen LogP contribution in [0.1, 0.15) is 51.6 Å². The van der Waals surface area contributed by atoms with Crippen molar-refractivity contribution < 1.29 is 27.6 Å². The summed E-state index contributed by atoms with van der Waals surface area (Å²) in [7, 11) is -3.46. The number of urea groups is 1. The number of halogens is 1. The van der Waals surface area contributed by atoms with Crippen LogP contribution in [-0.2, 0) is 24.2 Å². The third-order valence-electron chi connectivity index (χ3n) is 4.77. The van der Waals surface area contributed by atoms with Crippen molar-refractivity contribution in [3.05, 3.63) is 18.1 Å². The maximum Gasteiger partial charge on any atom is 0.312 e. The van der Waals surface area contributed by atoms with Crippen LogP contribution in [0.5, 0.6) is 0 Å². The lowest BCUT2D eigenvalue weighted by atomic mass is 10.0. The van der Waals surface area contributed by atoms with Gasteiger partial charge in [-0.1, -0.05) is 19.8 Å². The molecule has 0 spiro atoms. The van der Waals surface area contributed by atoms with Gasteiger partial charge in [-0.3, -0.25) is 14.4 Å². The number of primary amides is 1. The first-order valence-corrected chi connectivity index (χ1v) is 14.1. The molecular weight excluding hydrogens is 603 g/mol. The fourth-order valence-electron chi connectivity index (χ4n) is 2.90. The lowest BCUT2D eigenvalue weighted by Crippen LogP contribution is -2.53. The Balaban J connectivity index is 2.59. The van der Waals surface area contributed by atoms with Gasteiger partial charge in [-0.15, -0.1) is 0 Å². The van der Waals surface area contributed by atoms with Crippen LogP contribution >= 0.6 is 22.6 Å². The molecule has 0 fully saturated rings. The highest BCUT2D eigenvalue weighted by atomic mass is 127. The zero-order valence-electron chi connectivity index (χ0n) is 20.3. The second kappa shape index (κ2) is 15.3. The van der Waals surface area contributed by atoms with Gasteiger partial charge >= 0.3 is 6.03 Å². The monoisotopic (exact) mass is 634 g/mol. The molecule has 14 heteroatoms. The van der Waals surface area contributed by atoms with E-state index in [1.54, 1.807) is 36.4 Å². The molecule has 0 bridgehead atoms. The van der Waals surface area contributed by atoms with Crippen molar-refractivity contribution in [1.82, 2.24) is 25.9 Å². The fourth-order valence-corrected chi connectivity index (χ4v) is 3.93. The molecule has 4 amide bonds. The van der Waals surface area contributed by atoms with Gasteiger partial charge < -0.3 is 21.7 Å². The first kappa shape index (κ1) is 31.2. The molecule has 12 nitrogen and oxygen atoms in total. The normalized spacial score (nSPS) is 12.6. The predicted molar refractivity (Wildman–Crippen MR) is 140 cm³/mol. The van der Waals surface area contributed by atoms with E-state index in [1.165, 1.54) is 6.07 Å². The van der Waals surface area contributed by atoms with Crippen LogP contribution in [0, 0.1) is 17.8 Å². The Morgan fingerprint density at radius 1 is 1.14 bits per heavy atom. The van der Waals surface area contributed by atoms with Crippen molar-refractivity contribution in [3.63, 3.8) is 0 Å². The Kier molecular flexibility index (Phi) is 13.3. The molecule has 0 saturated carbocycles. The molecule has 0 unspecified atom stereocenters. The van der Waals surface area contributed by atoms with Crippen molar-refractivity contribution in [1.29, 1.82) is 0 Å². The number of unbranched alkanes of at least 4 members (excludes halogenated alkanes) is 1. The molecule has 2 atom stereocenters. The largest absolute Gasteiger partial charge is 0.352 e. The molecule has 0 aliphatic carbocycles. The molecule has 36 heavy (non-hydrogen) atoms. The maximum absolute atomic E-state index is 12.8. The molecular formula is C22H31IN6O6S. The highest BCUT2D eigenvalue weighted by Gasteiger charge is 2.27. The van der Waals surface area contributed by atoms with Gasteiger partial charge in [0.25, 0.3) is 0 Å². The summed E-state index contributed by atoms with van der Waals surface area (Å²) in [6.07, 6.45) is 3.80. The van der Waals surface area contributed by atoms with Crippen molar-refractivity contribution in [2.45, 2.75) is 63.1 Å². The summed E-state index contributed by atoms with van der Waals surface area (Å²) in [6.45, 7) is 3.83. The SMILES string of the molecule is CC(C)[C@H](NC(=O)CCCC#Cc1cc(S(C)(=O)=O)ncn1)C(=O)N[C@@H](CCCNC(N)=O)C(=O)I. The molecule has 0 aliphatic heterocycles. The van der Waals surface area contributed by atoms with Crippen LogP contribution in [0.15, 0.2) is 17.4 Å². The number of rotatable bonds is 13. The summed E-state index contributed by atoms with van der Waals surface area (Å²) in [4.78, 5) is 55.4. The van der Waals surface area contributed by atoms with E-state index in [1.807, 2.05) is 0 Å². The summed E-state index contributed by atoms with van der Waals surface area (Å²) < 4.78 is 22.8. The number of nitrogens with zero attached hydrogens (tertiary/aromatic N) is 2. The minimum atomic E-state index is -3.46. The molecule has 1 rings (SSSR count). The third kappa shape index (κ3) is 12.2. The van der Waals surface area contributed by atoms with Crippen LogP contribution in [0.2, 0.25) is 0 Å². The van der Waals surface area contributed by atoms with E-state index in [9.17, 15) is 27.6 Å². The average Bonchev–Trinajstić information content (AvgIpc) is 2.78. The predicted octanol–water partition coefficient (Wildman–Crippen LogP) is 0.438. The van der Waals surface area contributed by atoms with E-state index in [2.05, 4.69) is 37.8 Å². The number of nitrogens with two attached hydrogens (primary N) is 1. The van der Waals surface area contributed by atoms with Crippen LogP contribution in [0.3, 0.4) is 0 Å². The number of sulfone groups is 1. The van der Waals surface area contributed by atoms with Crippen molar-refractivity contribution in [2.24, 2.45) is 11.7 Å². The first-order chi connectivity index (χ1) is 16.8. The molecule has 1 aromatic rings. The van der Waals surface area contributed by atoms with Gasteiger partial charge in [0.15, 0.2) is 14.9 Å². The van der Waals surface area contributed by atoms with Gasteiger partial charge in [-0.2, -0.15) is 0 Å². The molecule has 198 valence electrons. The smallest absolute Gasteiger partial charge is 0.312 e. The minimum Gasteiger partial charge on any atom is -0.352 e. The summed E-state index contributed by atoms with van der Waals surface area (Å²) in [6, 6.07) is -0.976. The zero-order chi connectivity index (χ0) is 27.3. The van der Waals surface area contributed by atoms with Crippen molar-refractivity contribution >= 4 is 54.1 Å². The van der Waals surface area contributed by atoms with Crippen molar-refractivity contribution in [3.8, 4) is 11.8 Å². The van der Waals surface area contributed by atoms with E-state index >= 15 is 0 Å². The molecule has 5 N–H and O–H groups in total. The Morgan fingerprint density at radius 3 is 2.42 bits per heavy atom. The molecule has 0 saturated heterocycles. The molecule has 0 radical (unpaired) electrons. The first-order valence-electron chi connectivity index (χ1n) is 11.1. The molecule has 0 aliphatic rings. The number of carbonyl (C=O) groups is 4. The topological polar surface area (TPSA) is 190 Å².